The Morgan fingerprint density at radius 3 is 2.53 bits per heavy atom. The number of carboxylic acid groups (broad SMARTS) is 1. The van der Waals surface area contributed by atoms with Gasteiger partial charge in [0, 0.05) is 11.7 Å². The molecule has 0 fully saturated rings. The molecule has 0 spiro atoms. The Labute approximate surface area is 90.1 Å². The first kappa shape index (κ1) is 11.6. The van der Waals surface area contributed by atoms with Crippen LogP contribution in [0.3, 0.4) is 0 Å². The van der Waals surface area contributed by atoms with E-state index in [2.05, 4.69) is 12.2 Å². The van der Waals surface area contributed by atoms with Crippen LogP contribution < -0.4 is 5.32 Å². The maximum Gasteiger partial charge on any atom is 0.337 e. The number of rotatable bonds is 4. The minimum atomic E-state index is -0.922. The van der Waals surface area contributed by atoms with Crippen LogP contribution in [0.5, 0.6) is 0 Å². The van der Waals surface area contributed by atoms with Crippen LogP contribution in [0.1, 0.15) is 24.2 Å². The first-order valence-corrected chi connectivity index (χ1v) is 4.94. The molecule has 3 heteroatoms. The topological polar surface area (TPSA) is 49.3 Å². The van der Waals surface area contributed by atoms with Crippen LogP contribution in [0.25, 0.3) is 0 Å². The van der Waals surface area contributed by atoms with Crippen LogP contribution in [-0.2, 0) is 0 Å². The fourth-order valence-corrected chi connectivity index (χ4v) is 1.16. The van der Waals surface area contributed by atoms with Gasteiger partial charge >= 0.3 is 5.97 Å². The van der Waals surface area contributed by atoms with Gasteiger partial charge in [-0.1, -0.05) is 26.0 Å². The lowest BCUT2D eigenvalue weighted by molar-refractivity contribution is 0.0698. The average Bonchev–Trinajstić information content (AvgIpc) is 2.18. The van der Waals surface area contributed by atoms with Crippen molar-refractivity contribution in [1.82, 2.24) is 0 Å². The van der Waals surface area contributed by atoms with Crippen molar-refractivity contribution in [2.75, 3.05) is 5.32 Å². The molecular weight excluding hydrogens is 190 g/mol. The number of hydrogen-bond acceptors (Lipinski definition) is 2. The summed E-state index contributed by atoms with van der Waals surface area (Å²) in [5.41, 5.74) is 0.908. The fraction of sp³-hybridized carbons (Fsp3) is 0.333. The smallest absolute Gasteiger partial charge is 0.337 e. The third-order valence-electron chi connectivity index (χ3n) is 2.30. The van der Waals surface area contributed by atoms with Crippen molar-refractivity contribution in [3.63, 3.8) is 0 Å². The predicted octanol–water partition coefficient (Wildman–Crippen LogP) is 2.66. The first-order chi connectivity index (χ1) is 7.02. The molecule has 3 nitrogen and oxygen atoms in total. The number of aromatic carboxylic acids is 1. The van der Waals surface area contributed by atoms with Gasteiger partial charge in [-0.25, -0.2) is 4.79 Å². The standard InChI is InChI=1S/C12H16NO2/c1-8(2)9(3)13-11-7-5-4-6-10(11)12(14)15/h4-9,13H,3H2,1-2H3,(H,14,15). The molecule has 1 radical (unpaired) electrons. The summed E-state index contributed by atoms with van der Waals surface area (Å²) in [5.74, 6) is -0.569. The summed E-state index contributed by atoms with van der Waals surface area (Å²) in [4.78, 5) is 10.9. The van der Waals surface area contributed by atoms with Crippen molar-refractivity contribution in [3.05, 3.63) is 36.8 Å². The third-order valence-corrected chi connectivity index (χ3v) is 2.30. The van der Waals surface area contributed by atoms with Crippen LogP contribution in [0.2, 0.25) is 0 Å². The van der Waals surface area contributed by atoms with E-state index in [9.17, 15) is 4.79 Å². The van der Waals surface area contributed by atoms with Gasteiger partial charge in [0.25, 0.3) is 0 Å². The monoisotopic (exact) mass is 206 g/mol. The second-order valence-electron chi connectivity index (χ2n) is 3.85. The van der Waals surface area contributed by atoms with Crippen molar-refractivity contribution in [2.24, 2.45) is 5.92 Å². The maximum atomic E-state index is 10.9. The van der Waals surface area contributed by atoms with Gasteiger partial charge in [0.05, 0.1) is 5.56 Å². The normalized spacial score (nSPS) is 12.5. The Balaban J connectivity index is 2.89. The summed E-state index contributed by atoms with van der Waals surface area (Å²) < 4.78 is 0. The molecule has 2 N–H and O–H groups in total. The molecule has 0 aliphatic heterocycles. The number of nitrogens with one attached hydrogen (secondary N) is 1. The van der Waals surface area contributed by atoms with Gasteiger partial charge in [-0.05, 0) is 25.0 Å². The molecule has 1 rings (SSSR count). The van der Waals surface area contributed by atoms with E-state index in [0.29, 0.717) is 11.6 Å². The molecule has 1 atom stereocenters. The van der Waals surface area contributed by atoms with Gasteiger partial charge in [-0.15, -0.1) is 0 Å². The first-order valence-electron chi connectivity index (χ1n) is 4.94. The Morgan fingerprint density at radius 1 is 1.40 bits per heavy atom. The van der Waals surface area contributed by atoms with Gasteiger partial charge in [0.2, 0.25) is 0 Å². The molecule has 1 aromatic rings. The average molecular weight is 206 g/mol. The van der Waals surface area contributed by atoms with E-state index in [1.165, 1.54) is 0 Å². The molecule has 0 aliphatic rings. The molecule has 1 unspecified atom stereocenters. The van der Waals surface area contributed by atoms with Gasteiger partial charge < -0.3 is 10.4 Å². The highest BCUT2D eigenvalue weighted by molar-refractivity contribution is 5.94. The van der Waals surface area contributed by atoms with Crippen LogP contribution in [0.4, 0.5) is 5.69 Å². The van der Waals surface area contributed by atoms with Crippen LogP contribution in [0, 0.1) is 12.8 Å². The van der Waals surface area contributed by atoms with E-state index >= 15 is 0 Å². The quantitative estimate of drug-likeness (QED) is 0.796. The van der Waals surface area contributed by atoms with Crippen molar-refractivity contribution in [1.29, 1.82) is 0 Å². The molecular formula is C12H16NO2. The summed E-state index contributed by atoms with van der Waals surface area (Å²) in [5, 5.41) is 12.1. The fourth-order valence-electron chi connectivity index (χ4n) is 1.16. The van der Waals surface area contributed by atoms with E-state index in [-0.39, 0.29) is 11.6 Å². The Kier molecular flexibility index (Phi) is 3.72. The van der Waals surface area contributed by atoms with Crippen LogP contribution in [-0.4, -0.2) is 17.1 Å². The largest absolute Gasteiger partial charge is 0.478 e. The predicted molar refractivity (Wildman–Crippen MR) is 61.0 cm³/mol. The molecule has 0 aromatic heterocycles. The summed E-state index contributed by atoms with van der Waals surface area (Å²) in [6.45, 7) is 8.00. The van der Waals surface area contributed by atoms with Gasteiger partial charge in [-0.2, -0.15) is 0 Å². The second-order valence-corrected chi connectivity index (χ2v) is 3.85. The zero-order valence-electron chi connectivity index (χ0n) is 9.03. The number of anilines is 1. The molecule has 0 saturated heterocycles. The number of carboxylic acids is 1. The van der Waals surface area contributed by atoms with Crippen molar-refractivity contribution >= 4 is 11.7 Å². The maximum absolute atomic E-state index is 10.9. The lowest BCUT2D eigenvalue weighted by Gasteiger charge is -2.19. The molecule has 0 amide bonds. The molecule has 81 valence electrons. The zero-order chi connectivity index (χ0) is 11.4. The summed E-state index contributed by atoms with van der Waals surface area (Å²) in [7, 11) is 0. The second kappa shape index (κ2) is 4.82. The van der Waals surface area contributed by atoms with Gasteiger partial charge in [0.15, 0.2) is 0 Å². The molecule has 15 heavy (non-hydrogen) atoms. The minimum absolute atomic E-state index is 0.00509. The van der Waals surface area contributed by atoms with Crippen molar-refractivity contribution < 1.29 is 9.90 Å². The molecule has 0 saturated carbocycles. The number of carbonyl (C=O) groups is 1. The number of hydrogen-bond donors (Lipinski definition) is 2. The van der Waals surface area contributed by atoms with Gasteiger partial charge in [0.1, 0.15) is 0 Å². The van der Waals surface area contributed by atoms with Crippen LogP contribution >= 0.6 is 0 Å². The van der Waals surface area contributed by atoms with Crippen LogP contribution in [0.15, 0.2) is 24.3 Å². The molecule has 0 bridgehead atoms. The number of benzene rings is 1. The van der Waals surface area contributed by atoms with E-state index in [0.717, 1.165) is 0 Å². The lowest BCUT2D eigenvalue weighted by atomic mass is 10.1. The Bertz CT molecular complexity index is 347. The Morgan fingerprint density at radius 2 is 2.00 bits per heavy atom. The summed E-state index contributed by atoms with van der Waals surface area (Å²) in [6.07, 6.45) is 0. The highest BCUT2D eigenvalue weighted by Gasteiger charge is 2.12. The highest BCUT2D eigenvalue weighted by atomic mass is 16.4. The lowest BCUT2D eigenvalue weighted by Crippen LogP contribution is -2.23. The van der Waals surface area contributed by atoms with E-state index in [4.69, 9.17) is 5.11 Å². The zero-order valence-corrected chi connectivity index (χ0v) is 9.03. The van der Waals surface area contributed by atoms with E-state index in [1.54, 1.807) is 18.2 Å². The summed E-state index contributed by atoms with van der Waals surface area (Å²) >= 11 is 0. The van der Waals surface area contributed by atoms with E-state index in [1.807, 2.05) is 19.9 Å². The van der Waals surface area contributed by atoms with Gasteiger partial charge in [-0.3, -0.25) is 0 Å². The minimum Gasteiger partial charge on any atom is -0.478 e. The summed E-state index contributed by atoms with van der Waals surface area (Å²) in [6, 6.07) is 6.86. The molecule has 0 heterocycles. The molecule has 1 aromatic carbocycles. The highest BCUT2D eigenvalue weighted by Crippen LogP contribution is 2.17. The Hall–Kier alpha value is -1.51. The van der Waals surface area contributed by atoms with E-state index < -0.39 is 5.97 Å². The van der Waals surface area contributed by atoms with Crippen molar-refractivity contribution in [3.8, 4) is 0 Å². The van der Waals surface area contributed by atoms with Crippen molar-refractivity contribution in [2.45, 2.75) is 19.9 Å². The third kappa shape index (κ3) is 2.98. The molecule has 0 aliphatic carbocycles. The number of para-hydroxylation sites is 1. The SMILES string of the molecule is [CH2]C(Nc1ccccc1C(=O)O)C(C)C.